The van der Waals surface area contributed by atoms with Gasteiger partial charge < -0.3 is 4.90 Å². The number of hydrogen-bond acceptors (Lipinski definition) is 3. The SMILES string of the molecule is CN(C)c1ccc([C@@H]2CCCN2S(=O)(=O)c2ccc(Cl)cc2)cc1Cl. The number of halogens is 2. The van der Waals surface area contributed by atoms with E-state index in [2.05, 4.69) is 0 Å². The van der Waals surface area contributed by atoms with Crippen LogP contribution in [0.4, 0.5) is 5.69 Å². The molecule has 2 aromatic carbocycles. The second-order valence-corrected chi connectivity index (χ2v) is 9.07. The van der Waals surface area contributed by atoms with Crippen LogP contribution in [-0.4, -0.2) is 33.4 Å². The van der Waals surface area contributed by atoms with Crippen LogP contribution in [0.1, 0.15) is 24.4 Å². The molecule has 1 heterocycles. The van der Waals surface area contributed by atoms with Crippen LogP contribution in [0.15, 0.2) is 47.4 Å². The maximum Gasteiger partial charge on any atom is 0.243 e. The highest BCUT2D eigenvalue weighted by molar-refractivity contribution is 7.89. The Morgan fingerprint density at radius 3 is 2.36 bits per heavy atom. The summed E-state index contributed by atoms with van der Waals surface area (Å²) < 4.78 is 27.6. The second-order valence-electron chi connectivity index (χ2n) is 6.33. The summed E-state index contributed by atoms with van der Waals surface area (Å²) in [4.78, 5) is 2.20. The monoisotopic (exact) mass is 398 g/mol. The molecule has 1 aliphatic heterocycles. The molecule has 4 nitrogen and oxygen atoms in total. The number of benzene rings is 2. The minimum absolute atomic E-state index is 0.200. The standard InChI is InChI=1S/C18H20Cl2N2O2S/c1-21(2)18-10-5-13(12-16(18)20)17-4-3-11-22(17)25(23,24)15-8-6-14(19)7-9-15/h5-10,12,17H,3-4,11H2,1-2H3/t17-/m0/s1. The molecule has 0 unspecified atom stereocenters. The summed E-state index contributed by atoms with van der Waals surface area (Å²) in [5.41, 5.74) is 1.83. The first kappa shape index (κ1) is 18.5. The van der Waals surface area contributed by atoms with E-state index < -0.39 is 10.0 Å². The second kappa shape index (κ2) is 7.16. The highest BCUT2D eigenvalue weighted by atomic mass is 35.5. The Balaban J connectivity index is 1.95. The Hall–Kier alpha value is -1.27. The molecule has 2 aromatic rings. The third kappa shape index (κ3) is 3.65. The molecule has 7 heteroatoms. The summed E-state index contributed by atoms with van der Waals surface area (Å²) in [6.45, 7) is 0.503. The molecule has 0 spiro atoms. The van der Waals surface area contributed by atoms with Crippen molar-refractivity contribution in [2.75, 3.05) is 25.5 Å². The topological polar surface area (TPSA) is 40.6 Å². The van der Waals surface area contributed by atoms with Crippen molar-refractivity contribution >= 4 is 38.9 Å². The third-order valence-corrected chi connectivity index (χ3v) is 6.94. The van der Waals surface area contributed by atoms with Gasteiger partial charge >= 0.3 is 0 Å². The van der Waals surface area contributed by atoms with Gasteiger partial charge in [-0.1, -0.05) is 29.3 Å². The highest BCUT2D eigenvalue weighted by Gasteiger charge is 2.36. The summed E-state index contributed by atoms with van der Waals surface area (Å²) in [5, 5.41) is 1.14. The zero-order valence-corrected chi connectivity index (χ0v) is 16.4. The summed E-state index contributed by atoms with van der Waals surface area (Å²) in [7, 11) is 0.278. The molecule has 1 atom stereocenters. The minimum Gasteiger partial charge on any atom is -0.376 e. The Kier molecular flexibility index (Phi) is 5.30. The average Bonchev–Trinajstić information content (AvgIpc) is 3.05. The fourth-order valence-electron chi connectivity index (χ4n) is 3.20. The summed E-state index contributed by atoms with van der Waals surface area (Å²) in [6.07, 6.45) is 1.61. The van der Waals surface area contributed by atoms with Gasteiger partial charge in [-0.25, -0.2) is 8.42 Å². The van der Waals surface area contributed by atoms with Crippen molar-refractivity contribution in [3.63, 3.8) is 0 Å². The van der Waals surface area contributed by atoms with E-state index in [0.29, 0.717) is 16.6 Å². The highest BCUT2D eigenvalue weighted by Crippen LogP contribution is 2.39. The zero-order chi connectivity index (χ0) is 18.2. The first-order chi connectivity index (χ1) is 11.8. The molecule has 1 aliphatic rings. The number of nitrogens with zero attached hydrogens (tertiary/aromatic N) is 2. The van der Waals surface area contributed by atoms with Gasteiger partial charge in [-0.3, -0.25) is 0 Å². The van der Waals surface area contributed by atoms with Crippen molar-refractivity contribution in [2.45, 2.75) is 23.8 Å². The molecule has 0 N–H and O–H groups in total. The Morgan fingerprint density at radius 1 is 1.08 bits per heavy atom. The average molecular weight is 399 g/mol. The van der Waals surface area contributed by atoms with Gasteiger partial charge in [0.05, 0.1) is 21.6 Å². The van der Waals surface area contributed by atoms with Crippen molar-refractivity contribution in [3.05, 3.63) is 58.1 Å². The minimum atomic E-state index is -3.57. The van der Waals surface area contributed by atoms with Crippen molar-refractivity contribution in [2.24, 2.45) is 0 Å². The van der Waals surface area contributed by atoms with Crippen molar-refractivity contribution in [1.82, 2.24) is 4.31 Å². The van der Waals surface area contributed by atoms with Crippen LogP contribution in [-0.2, 0) is 10.0 Å². The molecule has 3 rings (SSSR count). The van der Waals surface area contributed by atoms with Crippen molar-refractivity contribution in [1.29, 1.82) is 0 Å². The normalized spacial score (nSPS) is 18.5. The lowest BCUT2D eigenvalue weighted by molar-refractivity contribution is 0.396. The lowest BCUT2D eigenvalue weighted by atomic mass is 10.0. The Morgan fingerprint density at radius 2 is 1.76 bits per heavy atom. The predicted molar refractivity (Wildman–Crippen MR) is 103 cm³/mol. The first-order valence-corrected chi connectivity index (χ1v) is 10.2. The van der Waals surface area contributed by atoms with Crippen LogP contribution in [0.5, 0.6) is 0 Å². The van der Waals surface area contributed by atoms with Gasteiger partial charge in [0.1, 0.15) is 0 Å². The predicted octanol–water partition coefficient (Wildman–Crippen LogP) is 4.59. The molecule has 25 heavy (non-hydrogen) atoms. The maximum atomic E-state index is 13.0. The lowest BCUT2D eigenvalue weighted by Gasteiger charge is -2.25. The molecular formula is C18H20Cl2N2O2S. The van der Waals surface area contributed by atoms with Crippen molar-refractivity contribution < 1.29 is 8.42 Å². The zero-order valence-electron chi connectivity index (χ0n) is 14.1. The molecule has 0 saturated carbocycles. The Bertz CT molecular complexity index is 867. The third-order valence-electron chi connectivity index (χ3n) is 4.46. The van der Waals surface area contributed by atoms with E-state index >= 15 is 0 Å². The molecule has 0 bridgehead atoms. The van der Waals surface area contributed by atoms with Crippen LogP contribution >= 0.6 is 23.2 Å². The van der Waals surface area contributed by atoms with Gasteiger partial charge in [0.2, 0.25) is 10.0 Å². The van der Waals surface area contributed by atoms with Gasteiger partial charge in [-0.15, -0.1) is 0 Å². The first-order valence-electron chi connectivity index (χ1n) is 8.05. The van der Waals surface area contributed by atoms with Gasteiger partial charge in [0.15, 0.2) is 0 Å². The molecule has 0 aliphatic carbocycles. The van der Waals surface area contributed by atoms with E-state index in [0.717, 1.165) is 24.1 Å². The summed E-state index contributed by atoms with van der Waals surface area (Å²) >= 11 is 12.3. The van der Waals surface area contributed by atoms with Gasteiger partial charge in [0, 0.05) is 25.7 Å². The Labute approximate surface area is 159 Å². The number of hydrogen-bond donors (Lipinski definition) is 0. The quantitative estimate of drug-likeness (QED) is 0.756. The molecule has 1 saturated heterocycles. The van der Waals surface area contributed by atoms with Gasteiger partial charge in [-0.05, 0) is 54.8 Å². The molecule has 0 amide bonds. The number of sulfonamides is 1. The van der Waals surface area contributed by atoms with E-state index in [1.54, 1.807) is 28.6 Å². The fraction of sp³-hybridized carbons (Fsp3) is 0.333. The lowest BCUT2D eigenvalue weighted by Crippen LogP contribution is -2.30. The molecule has 0 radical (unpaired) electrons. The van der Waals surface area contributed by atoms with Crippen molar-refractivity contribution in [3.8, 4) is 0 Å². The molecule has 134 valence electrons. The number of anilines is 1. The number of rotatable bonds is 4. The maximum absolute atomic E-state index is 13.0. The largest absolute Gasteiger partial charge is 0.376 e. The molecular weight excluding hydrogens is 379 g/mol. The van der Waals surface area contributed by atoms with E-state index in [1.807, 2.05) is 37.2 Å². The van der Waals surface area contributed by atoms with Gasteiger partial charge in [-0.2, -0.15) is 4.31 Å². The smallest absolute Gasteiger partial charge is 0.243 e. The van der Waals surface area contributed by atoms with Crippen LogP contribution in [0, 0.1) is 0 Å². The van der Waals surface area contributed by atoms with Gasteiger partial charge in [0.25, 0.3) is 0 Å². The molecule has 1 fully saturated rings. The van der Waals surface area contributed by atoms with E-state index in [9.17, 15) is 8.42 Å². The fourth-order valence-corrected chi connectivity index (χ4v) is 5.36. The van der Waals surface area contributed by atoms with Crippen LogP contribution in [0.3, 0.4) is 0 Å². The van der Waals surface area contributed by atoms with Crippen LogP contribution in [0.2, 0.25) is 10.0 Å². The van der Waals surface area contributed by atoms with Crippen LogP contribution in [0.25, 0.3) is 0 Å². The summed E-state index contributed by atoms with van der Waals surface area (Å²) in [6, 6.07) is 11.9. The van der Waals surface area contributed by atoms with E-state index in [4.69, 9.17) is 23.2 Å². The summed E-state index contributed by atoms with van der Waals surface area (Å²) in [5.74, 6) is 0. The van der Waals surface area contributed by atoms with Crippen LogP contribution < -0.4 is 4.90 Å². The molecule has 0 aromatic heterocycles. The van der Waals surface area contributed by atoms with E-state index in [-0.39, 0.29) is 10.9 Å². The van der Waals surface area contributed by atoms with E-state index in [1.165, 1.54) is 0 Å².